The van der Waals surface area contributed by atoms with Crippen LogP contribution in [0.2, 0.25) is 5.02 Å². The summed E-state index contributed by atoms with van der Waals surface area (Å²) in [7, 11) is 3.90. The van der Waals surface area contributed by atoms with Crippen molar-refractivity contribution < 1.29 is 14.3 Å². The van der Waals surface area contributed by atoms with Crippen molar-refractivity contribution in [3.63, 3.8) is 0 Å². The number of amides is 1. The lowest BCUT2D eigenvalue weighted by molar-refractivity contribution is -0.253. The van der Waals surface area contributed by atoms with Crippen LogP contribution in [0.4, 0.5) is 5.13 Å². The second-order valence-electron chi connectivity index (χ2n) is 13.8. The topological polar surface area (TPSA) is 89.3 Å². The van der Waals surface area contributed by atoms with Gasteiger partial charge < -0.3 is 33.8 Å². The van der Waals surface area contributed by atoms with Crippen LogP contribution in [0.1, 0.15) is 35.5 Å². The number of fused-ring (bicyclic) bond motifs is 14. The zero-order valence-electron chi connectivity index (χ0n) is 27.5. The average molecular weight is 699 g/mol. The number of hydrogen-bond acceptors (Lipinski definition) is 6. The molecule has 3 aliphatic heterocycles. The number of aromatic nitrogens is 4. The van der Waals surface area contributed by atoms with Gasteiger partial charge in [-0.3, -0.25) is 4.79 Å². The van der Waals surface area contributed by atoms with Crippen molar-refractivity contribution in [3.8, 4) is 10.4 Å². The Balaban J connectivity index is 1.16. The van der Waals surface area contributed by atoms with Crippen LogP contribution in [-0.2, 0) is 21.7 Å². The third-order valence-corrected chi connectivity index (χ3v) is 12.8. The number of thiazole rings is 1. The number of halogens is 1. The van der Waals surface area contributed by atoms with Crippen molar-refractivity contribution in [1.29, 1.82) is 0 Å². The van der Waals surface area contributed by atoms with Gasteiger partial charge in [0.1, 0.15) is 12.3 Å². The molecule has 0 radical (unpaired) electrons. The molecule has 248 valence electrons. The Labute approximate surface area is 294 Å². The molecule has 0 aliphatic carbocycles. The van der Waals surface area contributed by atoms with E-state index in [0.717, 1.165) is 81.2 Å². The van der Waals surface area contributed by atoms with Gasteiger partial charge in [0.25, 0.3) is 5.91 Å². The Bertz CT molecular complexity index is 2780. The largest absolute Gasteiger partial charge is 0.374 e. The summed E-state index contributed by atoms with van der Waals surface area (Å²) < 4.78 is 18.7. The first-order valence-electron chi connectivity index (χ1n) is 16.8. The van der Waals surface area contributed by atoms with Crippen LogP contribution in [-0.4, -0.2) is 51.3 Å². The van der Waals surface area contributed by atoms with E-state index in [1.54, 1.807) is 18.4 Å². The predicted octanol–water partition coefficient (Wildman–Crippen LogP) is 8.53. The molecule has 0 unspecified atom stereocenters. The molecule has 1 fully saturated rings. The Kier molecular flexibility index (Phi) is 5.72. The van der Waals surface area contributed by atoms with Gasteiger partial charge in [-0.15, -0.1) is 0 Å². The maximum absolute atomic E-state index is 13.7. The molecule has 4 aromatic carbocycles. The van der Waals surface area contributed by atoms with Crippen molar-refractivity contribution in [1.82, 2.24) is 24.4 Å². The number of methoxy groups -OCH3 is 1. The number of para-hydroxylation sites is 2. The molecule has 1 saturated heterocycles. The zero-order chi connectivity index (χ0) is 33.6. The molecule has 4 aromatic heterocycles. The third kappa shape index (κ3) is 3.49. The highest BCUT2D eigenvalue weighted by molar-refractivity contribution is 7.19. The molecule has 11 rings (SSSR count). The van der Waals surface area contributed by atoms with Crippen LogP contribution in [0, 0.1) is 0 Å². The molecule has 8 aromatic rings. The Morgan fingerprint density at radius 1 is 1.04 bits per heavy atom. The number of likely N-dealkylation sites (N-methyl/N-ethyl adjacent to an activating group) is 1. The number of anilines is 1. The molecule has 2 N–H and O–H groups in total. The first-order valence-corrected chi connectivity index (χ1v) is 18.0. The number of nitrogens with zero attached hydrogens (tertiary/aromatic N) is 4. The lowest BCUT2D eigenvalue weighted by Gasteiger charge is -2.50. The summed E-state index contributed by atoms with van der Waals surface area (Å²) in [4.78, 5) is 25.4. The Hall–Kier alpha value is -4.87. The SMILES string of the molecule is CO[C@@H]1[C@H](N(C)c2ncc(-c3c[nH]c4ccc(Cl)cc34)s2)C[C@H]2O[C@]1(C)n1c3ccccc3c3c4c(c5c6ccccc6n2c5c31)C(=O)NC4. The van der Waals surface area contributed by atoms with E-state index in [2.05, 4.69) is 86.8 Å². The van der Waals surface area contributed by atoms with E-state index in [9.17, 15) is 4.79 Å². The van der Waals surface area contributed by atoms with Gasteiger partial charge in [-0.1, -0.05) is 59.3 Å². The van der Waals surface area contributed by atoms with Gasteiger partial charge in [-0.25, -0.2) is 4.98 Å². The highest BCUT2D eigenvalue weighted by Crippen LogP contribution is 2.54. The maximum atomic E-state index is 13.7. The van der Waals surface area contributed by atoms with Crippen LogP contribution in [0.25, 0.3) is 65.0 Å². The van der Waals surface area contributed by atoms with Gasteiger partial charge in [-0.05, 0) is 42.8 Å². The van der Waals surface area contributed by atoms with Crippen LogP contribution in [0.15, 0.2) is 79.1 Å². The van der Waals surface area contributed by atoms with E-state index in [0.29, 0.717) is 18.0 Å². The van der Waals surface area contributed by atoms with Gasteiger partial charge in [0, 0.05) is 82.6 Å². The van der Waals surface area contributed by atoms with Crippen LogP contribution >= 0.6 is 22.9 Å². The fourth-order valence-corrected chi connectivity index (χ4v) is 10.5. The molecule has 7 heterocycles. The quantitative estimate of drug-likeness (QED) is 0.192. The second kappa shape index (κ2) is 9.88. The lowest BCUT2D eigenvalue weighted by Crippen LogP contribution is -2.60. The minimum atomic E-state index is -0.914. The molecular formula is C39H31ClN6O3S. The second-order valence-corrected chi connectivity index (χ2v) is 15.3. The van der Waals surface area contributed by atoms with Crippen LogP contribution in [0.5, 0.6) is 0 Å². The molecule has 9 nitrogen and oxygen atoms in total. The molecule has 2 bridgehead atoms. The van der Waals surface area contributed by atoms with Gasteiger partial charge in [-0.2, -0.15) is 0 Å². The van der Waals surface area contributed by atoms with E-state index < -0.39 is 5.72 Å². The van der Waals surface area contributed by atoms with E-state index in [-0.39, 0.29) is 24.3 Å². The highest BCUT2D eigenvalue weighted by atomic mass is 35.5. The van der Waals surface area contributed by atoms with Crippen molar-refractivity contribution in [3.05, 3.63) is 95.3 Å². The van der Waals surface area contributed by atoms with Crippen molar-refractivity contribution >= 4 is 88.5 Å². The summed E-state index contributed by atoms with van der Waals surface area (Å²) in [6.07, 6.45) is 3.90. The zero-order valence-corrected chi connectivity index (χ0v) is 29.0. The van der Waals surface area contributed by atoms with Crippen LogP contribution < -0.4 is 10.2 Å². The number of aromatic amines is 1. The third-order valence-electron chi connectivity index (χ3n) is 11.4. The minimum absolute atomic E-state index is 0.0228. The summed E-state index contributed by atoms with van der Waals surface area (Å²) in [6, 6.07) is 22.7. The molecule has 50 heavy (non-hydrogen) atoms. The summed E-state index contributed by atoms with van der Waals surface area (Å²) in [5.41, 5.74) is 7.24. The lowest BCUT2D eigenvalue weighted by atomic mass is 9.92. The Morgan fingerprint density at radius 2 is 1.82 bits per heavy atom. The Morgan fingerprint density at radius 3 is 2.64 bits per heavy atom. The van der Waals surface area contributed by atoms with Gasteiger partial charge in [0.15, 0.2) is 10.9 Å². The highest BCUT2D eigenvalue weighted by Gasteiger charge is 2.54. The molecule has 11 heteroatoms. The van der Waals surface area contributed by atoms with Gasteiger partial charge in [0.2, 0.25) is 0 Å². The number of carbonyl (C=O) groups excluding carboxylic acids is 1. The number of ether oxygens (including phenoxy) is 2. The monoisotopic (exact) mass is 698 g/mol. The molecule has 0 saturated carbocycles. The van der Waals surface area contributed by atoms with Crippen molar-refractivity contribution in [2.45, 2.75) is 44.0 Å². The van der Waals surface area contributed by atoms with Gasteiger partial charge >= 0.3 is 0 Å². The summed E-state index contributed by atoms with van der Waals surface area (Å²) in [5, 5.41) is 10.1. The molecule has 1 amide bonds. The molecule has 0 spiro atoms. The standard InChI is InChI=1S/C39H31ClN6O3S/c1-39-36(48-3)28(44(2)38-43-18-29(50-38)23-16-41-25-13-12-19(40)14-22(23)25)15-30(49-39)45-26-10-6-4-8-20(26)32-33-24(17-42-37(33)47)31-21-9-5-7-11-27(21)46(39)35(31)34(32)45/h4-14,16,18,28,30,36,41H,15,17H2,1-3H3,(H,42,47)/t28-,30-,36-,39+/m1/s1. The first-order chi connectivity index (χ1) is 24.4. The van der Waals surface area contributed by atoms with Crippen LogP contribution in [0.3, 0.4) is 0 Å². The predicted molar refractivity (Wildman–Crippen MR) is 199 cm³/mol. The first kappa shape index (κ1) is 28.9. The van der Waals surface area contributed by atoms with Crippen molar-refractivity contribution in [2.24, 2.45) is 0 Å². The summed E-state index contributed by atoms with van der Waals surface area (Å²) >= 11 is 8.05. The maximum Gasteiger partial charge on any atom is 0.252 e. The minimum Gasteiger partial charge on any atom is -0.374 e. The number of H-pyrrole nitrogens is 1. The summed E-state index contributed by atoms with van der Waals surface area (Å²) in [6.45, 7) is 2.66. The smallest absolute Gasteiger partial charge is 0.252 e. The van der Waals surface area contributed by atoms with E-state index >= 15 is 0 Å². The number of benzene rings is 4. The average Bonchev–Trinajstić information content (AvgIpc) is 3.94. The number of nitrogens with one attached hydrogen (secondary N) is 2. The fraction of sp³-hybridized carbons (Fsp3) is 0.231. The van der Waals surface area contributed by atoms with Gasteiger partial charge in [0.05, 0.1) is 38.5 Å². The van der Waals surface area contributed by atoms with Crippen molar-refractivity contribution in [2.75, 3.05) is 19.1 Å². The molecule has 3 aliphatic rings. The normalized spacial score (nSPS) is 22.7. The summed E-state index contributed by atoms with van der Waals surface area (Å²) in [5.74, 6) is -0.0228. The number of rotatable bonds is 4. The number of hydrogen-bond donors (Lipinski definition) is 2. The van der Waals surface area contributed by atoms with E-state index in [1.165, 1.54) is 0 Å². The molecular weight excluding hydrogens is 668 g/mol. The van der Waals surface area contributed by atoms with E-state index in [4.69, 9.17) is 26.1 Å². The molecule has 4 atom stereocenters. The number of carbonyl (C=O) groups is 1. The fourth-order valence-electron chi connectivity index (χ4n) is 9.38. The van der Waals surface area contributed by atoms with E-state index in [1.807, 2.05) is 30.6 Å².